The number of fused-ring (bicyclic) bond motifs is 1. The molecule has 1 aliphatic carbocycles. The summed E-state index contributed by atoms with van der Waals surface area (Å²) in [6.07, 6.45) is 2.12. The highest BCUT2D eigenvalue weighted by atomic mass is 19.1. The van der Waals surface area contributed by atoms with Crippen molar-refractivity contribution in [2.75, 3.05) is 31.1 Å². The van der Waals surface area contributed by atoms with E-state index in [1.54, 1.807) is 6.07 Å². The van der Waals surface area contributed by atoms with E-state index in [1.807, 2.05) is 30.0 Å². The van der Waals surface area contributed by atoms with Gasteiger partial charge < -0.3 is 14.2 Å². The third-order valence-corrected chi connectivity index (χ3v) is 6.62. The average Bonchev–Trinajstić information content (AvgIpc) is 3.24. The summed E-state index contributed by atoms with van der Waals surface area (Å²) in [5.74, 6) is -0.304. The zero-order chi connectivity index (χ0) is 24.4. The van der Waals surface area contributed by atoms with Gasteiger partial charge >= 0.3 is 0 Å². The number of piperazine rings is 1. The molecule has 180 valence electrons. The van der Waals surface area contributed by atoms with Crippen LogP contribution in [0.2, 0.25) is 0 Å². The first-order valence-electron chi connectivity index (χ1n) is 11.9. The lowest BCUT2D eigenvalue weighted by Crippen LogP contribution is -2.48. The number of hydrazone groups is 1. The maximum atomic E-state index is 13.9. The van der Waals surface area contributed by atoms with Crippen molar-refractivity contribution in [1.82, 2.24) is 10.3 Å². The summed E-state index contributed by atoms with van der Waals surface area (Å²) >= 11 is 0. The van der Waals surface area contributed by atoms with E-state index in [0.29, 0.717) is 43.2 Å². The Balaban J connectivity index is 1.31. The van der Waals surface area contributed by atoms with E-state index in [0.717, 1.165) is 36.3 Å². The predicted octanol–water partition coefficient (Wildman–Crippen LogP) is 4.16. The Bertz CT molecular complexity index is 1280. The Morgan fingerprint density at radius 3 is 2.43 bits per heavy atom. The van der Waals surface area contributed by atoms with Gasteiger partial charge in [-0.1, -0.05) is 30.3 Å². The molecule has 0 saturated carbocycles. The molecule has 1 aromatic heterocycles. The lowest BCUT2D eigenvalue weighted by molar-refractivity contribution is 0.0711. The second-order valence-electron chi connectivity index (χ2n) is 8.80. The van der Waals surface area contributed by atoms with Gasteiger partial charge in [0.25, 0.3) is 11.8 Å². The SMILES string of the molecule is Cc1c(C(=O)N2CCN(c3ccccc3)CC2)oc2c1/C(=N/NC(=O)c1ccccc1F)CCC2. The molecule has 0 spiro atoms. The first kappa shape index (κ1) is 22.8. The molecule has 2 aliphatic rings. The van der Waals surface area contributed by atoms with Crippen LogP contribution >= 0.6 is 0 Å². The van der Waals surface area contributed by atoms with Gasteiger partial charge in [0.15, 0.2) is 5.76 Å². The molecule has 1 fully saturated rings. The van der Waals surface area contributed by atoms with E-state index in [4.69, 9.17) is 4.42 Å². The quantitative estimate of drug-likeness (QED) is 0.576. The Labute approximate surface area is 203 Å². The first-order valence-corrected chi connectivity index (χ1v) is 11.9. The summed E-state index contributed by atoms with van der Waals surface area (Å²) in [5, 5.41) is 4.29. The molecule has 2 amide bonds. The molecule has 0 atom stereocenters. The molecule has 3 aromatic rings. The number of benzene rings is 2. The Kier molecular flexibility index (Phi) is 6.35. The smallest absolute Gasteiger partial charge is 0.289 e. The highest BCUT2D eigenvalue weighted by molar-refractivity contribution is 6.07. The summed E-state index contributed by atoms with van der Waals surface area (Å²) < 4.78 is 20.0. The number of amides is 2. The van der Waals surface area contributed by atoms with Crippen molar-refractivity contribution < 1.29 is 18.4 Å². The summed E-state index contributed by atoms with van der Waals surface area (Å²) in [6.45, 7) is 4.58. The number of halogens is 1. The number of nitrogens with one attached hydrogen (secondary N) is 1. The maximum Gasteiger partial charge on any atom is 0.289 e. The van der Waals surface area contributed by atoms with E-state index in [2.05, 4.69) is 27.6 Å². The molecule has 1 aliphatic heterocycles. The molecule has 1 saturated heterocycles. The van der Waals surface area contributed by atoms with Crippen LogP contribution in [0.1, 0.15) is 50.6 Å². The monoisotopic (exact) mass is 474 g/mol. The number of furan rings is 1. The van der Waals surface area contributed by atoms with Crippen LogP contribution in [0.15, 0.2) is 64.1 Å². The van der Waals surface area contributed by atoms with Crippen LogP contribution in [-0.2, 0) is 6.42 Å². The van der Waals surface area contributed by atoms with Crippen molar-refractivity contribution in [3.63, 3.8) is 0 Å². The highest BCUT2D eigenvalue weighted by Crippen LogP contribution is 2.31. The van der Waals surface area contributed by atoms with Crippen molar-refractivity contribution in [3.8, 4) is 0 Å². The van der Waals surface area contributed by atoms with Crippen LogP contribution < -0.4 is 10.3 Å². The van der Waals surface area contributed by atoms with Crippen molar-refractivity contribution in [1.29, 1.82) is 0 Å². The second kappa shape index (κ2) is 9.74. The molecule has 2 aromatic carbocycles. The molecule has 8 heteroatoms. The van der Waals surface area contributed by atoms with Gasteiger partial charge in [0.05, 0.1) is 11.3 Å². The number of hydrogen-bond donors (Lipinski definition) is 1. The third-order valence-electron chi connectivity index (χ3n) is 6.62. The van der Waals surface area contributed by atoms with E-state index in [1.165, 1.54) is 18.2 Å². The molecule has 7 nitrogen and oxygen atoms in total. The summed E-state index contributed by atoms with van der Waals surface area (Å²) in [4.78, 5) is 29.8. The van der Waals surface area contributed by atoms with Crippen LogP contribution in [0.25, 0.3) is 0 Å². The van der Waals surface area contributed by atoms with Crippen molar-refractivity contribution in [3.05, 3.63) is 88.6 Å². The normalized spacial score (nSPS) is 16.8. The fraction of sp³-hybridized carbons (Fsp3) is 0.296. The fourth-order valence-corrected chi connectivity index (χ4v) is 4.76. The molecular formula is C27H27FN4O3. The van der Waals surface area contributed by atoms with Gasteiger partial charge in [-0.2, -0.15) is 5.10 Å². The van der Waals surface area contributed by atoms with Gasteiger partial charge in [-0.05, 0) is 44.0 Å². The summed E-state index contributed by atoms with van der Waals surface area (Å²) in [5.41, 5.74) is 5.70. The minimum atomic E-state index is -0.614. The Morgan fingerprint density at radius 2 is 1.69 bits per heavy atom. The average molecular weight is 475 g/mol. The van der Waals surface area contributed by atoms with Crippen LogP contribution in [-0.4, -0.2) is 48.6 Å². The molecule has 0 radical (unpaired) electrons. The third kappa shape index (κ3) is 4.56. The number of carbonyl (C=O) groups is 2. The number of rotatable bonds is 4. The Morgan fingerprint density at radius 1 is 0.971 bits per heavy atom. The van der Waals surface area contributed by atoms with Gasteiger partial charge in [-0.25, -0.2) is 9.82 Å². The van der Waals surface area contributed by atoms with Crippen LogP contribution in [0.3, 0.4) is 0 Å². The summed E-state index contributed by atoms with van der Waals surface area (Å²) in [6, 6.07) is 16.0. The number of carbonyl (C=O) groups excluding carboxylic acids is 2. The minimum Gasteiger partial charge on any atom is -0.455 e. The molecule has 35 heavy (non-hydrogen) atoms. The maximum absolute atomic E-state index is 13.9. The van der Waals surface area contributed by atoms with E-state index >= 15 is 0 Å². The van der Waals surface area contributed by atoms with E-state index < -0.39 is 11.7 Å². The van der Waals surface area contributed by atoms with Crippen molar-refractivity contribution >= 4 is 23.2 Å². The van der Waals surface area contributed by atoms with E-state index in [9.17, 15) is 14.0 Å². The zero-order valence-corrected chi connectivity index (χ0v) is 19.6. The zero-order valence-electron chi connectivity index (χ0n) is 19.6. The van der Waals surface area contributed by atoms with E-state index in [-0.39, 0.29) is 11.5 Å². The minimum absolute atomic E-state index is 0.0673. The molecule has 5 rings (SSSR count). The van der Waals surface area contributed by atoms with Crippen LogP contribution in [0, 0.1) is 12.7 Å². The Hall–Kier alpha value is -3.94. The number of anilines is 1. The predicted molar refractivity (Wildman–Crippen MR) is 131 cm³/mol. The number of nitrogens with zero attached hydrogens (tertiary/aromatic N) is 3. The van der Waals surface area contributed by atoms with Crippen molar-refractivity contribution in [2.24, 2.45) is 5.10 Å². The first-order chi connectivity index (χ1) is 17.0. The second-order valence-corrected chi connectivity index (χ2v) is 8.80. The van der Waals surface area contributed by atoms with Gasteiger partial charge in [-0.3, -0.25) is 9.59 Å². The molecule has 1 N–H and O–H groups in total. The van der Waals surface area contributed by atoms with Gasteiger partial charge in [0.1, 0.15) is 11.6 Å². The molecule has 2 heterocycles. The van der Waals surface area contributed by atoms with Crippen molar-refractivity contribution in [2.45, 2.75) is 26.2 Å². The molecule has 0 unspecified atom stereocenters. The lowest BCUT2D eigenvalue weighted by atomic mass is 9.93. The van der Waals surface area contributed by atoms with Gasteiger partial charge in [-0.15, -0.1) is 0 Å². The standard InChI is InChI=1S/C27H27FN4O3/c1-18-24-22(29-30-26(33)20-10-5-6-11-21(20)28)12-7-13-23(24)35-25(18)27(34)32-16-14-31(15-17-32)19-8-3-2-4-9-19/h2-6,8-11H,7,12-17H2,1H3,(H,30,33)/b29-22+. The van der Waals surface area contributed by atoms with Gasteiger partial charge in [0.2, 0.25) is 0 Å². The van der Waals surface area contributed by atoms with Gasteiger partial charge in [0, 0.05) is 49.4 Å². The molecule has 0 bridgehead atoms. The molecular weight excluding hydrogens is 447 g/mol. The lowest BCUT2D eigenvalue weighted by Gasteiger charge is -2.35. The number of aryl methyl sites for hydroxylation is 1. The largest absolute Gasteiger partial charge is 0.455 e. The topological polar surface area (TPSA) is 78.2 Å². The number of hydrogen-bond acceptors (Lipinski definition) is 5. The van der Waals surface area contributed by atoms with Crippen LogP contribution in [0.4, 0.5) is 10.1 Å². The summed E-state index contributed by atoms with van der Waals surface area (Å²) in [7, 11) is 0. The number of para-hydroxylation sites is 1. The highest BCUT2D eigenvalue weighted by Gasteiger charge is 2.31. The van der Waals surface area contributed by atoms with Crippen LogP contribution in [0.5, 0.6) is 0 Å². The fourth-order valence-electron chi connectivity index (χ4n) is 4.76.